The molecule has 1 saturated heterocycles. The summed E-state index contributed by atoms with van der Waals surface area (Å²) in [6.07, 6.45) is 1.99. The fourth-order valence-corrected chi connectivity index (χ4v) is 3.48. The van der Waals surface area contributed by atoms with E-state index in [9.17, 15) is 9.59 Å². The van der Waals surface area contributed by atoms with Crippen molar-refractivity contribution in [1.29, 1.82) is 0 Å². The Morgan fingerprint density at radius 1 is 1.30 bits per heavy atom. The number of benzene rings is 1. The first-order chi connectivity index (χ1) is 14.3. The Labute approximate surface area is 181 Å². The molecule has 2 amide bonds. The highest BCUT2D eigenvalue weighted by atomic mass is 35.5. The van der Waals surface area contributed by atoms with Crippen LogP contribution in [0.4, 0.5) is 17.5 Å². The van der Waals surface area contributed by atoms with Gasteiger partial charge in [0, 0.05) is 50.1 Å². The van der Waals surface area contributed by atoms with Crippen molar-refractivity contribution in [2.45, 2.75) is 12.5 Å². The van der Waals surface area contributed by atoms with Crippen LogP contribution in [-0.4, -0.2) is 67.8 Å². The molecule has 10 heteroatoms. The maximum absolute atomic E-state index is 12.8. The number of nitrogens with zero attached hydrogens (tertiary/aromatic N) is 4. The van der Waals surface area contributed by atoms with Gasteiger partial charge in [0.2, 0.25) is 11.9 Å². The molecule has 30 heavy (non-hydrogen) atoms. The van der Waals surface area contributed by atoms with Crippen LogP contribution >= 0.6 is 11.6 Å². The molecule has 1 aliphatic rings. The summed E-state index contributed by atoms with van der Waals surface area (Å²) >= 11 is 6.28. The van der Waals surface area contributed by atoms with Gasteiger partial charge in [-0.2, -0.15) is 4.98 Å². The predicted molar refractivity (Wildman–Crippen MR) is 123 cm³/mol. The highest BCUT2D eigenvalue weighted by Crippen LogP contribution is 2.22. The van der Waals surface area contributed by atoms with Crippen molar-refractivity contribution in [2.24, 2.45) is 0 Å². The molecule has 1 aliphatic heterocycles. The number of rotatable bonds is 6. The number of hydrogen-bond donors (Lipinski definition) is 2. The molecule has 8 nitrogen and oxygen atoms in total. The molecule has 0 unspecified atom stereocenters. The minimum absolute atomic E-state index is 0.0516. The van der Waals surface area contributed by atoms with E-state index in [1.165, 1.54) is 6.08 Å². The van der Waals surface area contributed by atoms with Crippen LogP contribution in [0.3, 0.4) is 0 Å². The van der Waals surface area contributed by atoms with Crippen molar-refractivity contribution >= 4 is 54.3 Å². The van der Waals surface area contributed by atoms with Gasteiger partial charge in [0.25, 0.3) is 5.91 Å². The molecule has 0 aliphatic carbocycles. The maximum atomic E-state index is 12.8. The number of carbonyl (C=O) groups is 2. The van der Waals surface area contributed by atoms with E-state index in [0.29, 0.717) is 46.7 Å². The Hall–Kier alpha value is -3.07. The Bertz CT molecular complexity index is 967. The minimum Gasteiger partial charge on any atom is -0.361 e. The van der Waals surface area contributed by atoms with Gasteiger partial charge in [-0.05, 0) is 36.8 Å². The predicted octanol–water partition coefficient (Wildman–Crippen LogP) is 0.905. The number of carbonyl (C=O) groups excluding carboxylic acids is 2. The molecule has 0 bridgehead atoms. The molecule has 2 N–H and O–H groups in total. The van der Waals surface area contributed by atoms with Crippen LogP contribution in [0.5, 0.6) is 0 Å². The van der Waals surface area contributed by atoms with Gasteiger partial charge in [-0.15, -0.1) is 0 Å². The highest BCUT2D eigenvalue weighted by Gasteiger charge is 2.27. The summed E-state index contributed by atoms with van der Waals surface area (Å²) in [7, 11) is 5.59. The van der Waals surface area contributed by atoms with E-state index in [1.54, 1.807) is 29.2 Å². The first-order valence-corrected chi connectivity index (χ1v) is 9.97. The summed E-state index contributed by atoms with van der Waals surface area (Å²) in [5, 5.41) is 6.51. The number of amides is 2. The molecular formula is C20H24BClN6O2. The molecule has 1 atom stereocenters. The second-order valence-corrected chi connectivity index (χ2v) is 7.69. The lowest BCUT2D eigenvalue weighted by Crippen LogP contribution is -2.32. The number of anilines is 3. The fraction of sp³-hybridized carbons (Fsp3) is 0.300. The average Bonchev–Trinajstić information content (AvgIpc) is 3.18. The van der Waals surface area contributed by atoms with E-state index < -0.39 is 0 Å². The molecule has 2 aromatic rings. The zero-order chi connectivity index (χ0) is 21.8. The lowest BCUT2D eigenvalue weighted by atomic mass is 10.0. The monoisotopic (exact) mass is 426 g/mol. The van der Waals surface area contributed by atoms with Gasteiger partial charge in [0.1, 0.15) is 0 Å². The van der Waals surface area contributed by atoms with E-state index in [0.717, 1.165) is 6.42 Å². The van der Waals surface area contributed by atoms with Gasteiger partial charge in [-0.3, -0.25) is 9.59 Å². The Balaban J connectivity index is 1.63. The molecule has 0 spiro atoms. The molecule has 156 valence electrons. The van der Waals surface area contributed by atoms with Crippen molar-refractivity contribution in [1.82, 2.24) is 14.9 Å². The summed E-state index contributed by atoms with van der Waals surface area (Å²) in [6, 6.07) is 6.87. The summed E-state index contributed by atoms with van der Waals surface area (Å²) in [4.78, 5) is 36.7. The number of likely N-dealkylation sites (tertiary alicyclic amines) is 1. The topological polar surface area (TPSA) is 90.5 Å². The fourth-order valence-electron chi connectivity index (χ4n) is 3.22. The molecule has 3 rings (SSSR count). The largest absolute Gasteiger partial charge is 0.361 e. The molecule has 1 aromatic heterocycles. The van der Waals surface area contributed by atoms with Gasteiger partial charge in [-0.25, -0.2) is 4.98 Å². The van der Waals surface area contributed by atoms with Crippen LogP contribution in [-0.2, 0) is 4.79 Å². The van der Waals surface area contributed by atoms with E-state index in [4.69, 9.17) is 11.6 Å². The molecule has 0 saturated carbocycles. The highest BCUT2D eigenvalue weighted by molar-refractivity contribution is 6.45. The SMILES string of the molecule is Bc1nc(N[C@@H]2CCN(C(=O)c3ccc(NC(=O)C=C)cc3)C2)nc(N(C)C)c1Cl. The molecular weight excluding hydrogens is 403 g/mol. The Kier molecular flexibility index (Phi) is 6.61. The van der Waals surface area contributed by atoms with Crippen LogP contribution in [0, 0.1) is 0 Å². The van der Waals surface area contributed by atoms with Gasteiger partial charge >= 0.3 is 0 Å². The second kappa shape index (κ2) is 9.17. The Morgan fingerprint density at radius 3 is 2.63 bits per heavy atom. The van der Waals surface area contributed by atoms with E-state index in [-0.39, 0.29) is 17.9 Å². The average molecular weight is 427 g/mol. The minimum atomic E-state index is -0.292. The quantitative estimate of drug-likeness (QED) is 0.527. The van der Waals surface area contributed by atoms with Crippen LogP contribution in [0.2, 0.25) is 5.02 Å². The standard InChI is InChI=1S/C20H24BClN6O2/c1-4-15(29)23-13-7-5-12(6-8-13)19(30)28-10-9-14(11-28)24-20-25-17(21)16(22)18(26-20)27(2)3/h4-8,14H,1,9-11,21H2,2-3H3,(H,23,29)(H,24,25,26)/t14-/m1/s1. The van der Waals surface area contributed by atoms with Crippen LogP contribution in [0.15, 0.2) is 36.9 Å². The molecule has 1 aromatic carbocycles. The number of nitrogens with one attached hydrogen (secondary N) is 2. The van der Waals surface area contributed by atoms with Crippen molar-refractivity contribution in [2.75, 3.05) is 42.7 Å². The molecule has 1 fully saturated rings. The third-order valence-corrected chi connectivity index (χ3v) is 5.26. The van der Waals surface area contributed by atoms with Gasteiger partial charge in [0.05, 0.1) is 5.02 Å². The van der Waals surface area contributed by atoms with E-state index in [2.05, 4.69) is 27.2 Å². The van der Waals surface area contributed by atoms with E-state index >= 15 is 0 Å². The number of hydrogen-bond acceptors (Lipinski definition) is 6. The smallest absolute Gasteiger partial charge is 0.253 e. The van der Waals surface area contributed by atoms with Crippen LogP contribution < -0.4 is 21.1 Å². The first kappa shape index (κ1) is 21.6. The first-order valence-electron chi connectivity index (χ1n) is 9.59. The molecule has 0 radical (unpaired) electrons. The van der Waals surface area contributed by atoms with Gasteiger partial charge in [0.15, 0.2) is 13.7 Å². The van der Waals surface area contributed by atoms with Gasteiger partial charge in [-0.1, -0.05) is 18.2 Å². The summed E-state index contributed by atoms with van der Waals surface area (Å²) in [6.45, 7) is 4.61. The zero-order valence-corrected chi connectivity index (χ0v) is 18.0. The lowest BCUT2D eigenvalue weighted by molar-refractivity contribution is -0.111. The van der Waals surface area contributed by atoms with Crippen LogP contribution in [0.1, 0.15) is 16.8 Å². The third kappa shape index (κ3) is 4.91. The number of aromatic nitrogens is 2. The second-order valence-electron chi connectivity index (χ2n) is 7.32. The van der Waals surface area contributed by atoms with Crippen molar-refractivity contribution < 1.29 is 9.59 Å². The van der Waals surface area contributed by atoms with Crippen LogP contribution in [0.25, 0.3) is 0 Å². The normalized spacial score (nSPS) is 15.6. The van der Waals surface area contributed by atoms with Crippen molar-refractivity contribution in [3.8, 4) is 0 Å². The number of halogens is 1. The maximum Gasteiger partial charge on any atom is 0.253 e. The summed E-state index contributed by atoms with van der Waals surface area (Å²) < 4.78 is 0. The van der Waals surface area contributed by atoms with Crippen molar-refractivity contribution in [3.05, 3.63) is 47.5 Å². The van der Waals surface area contributed by atoms with E-state index in [1.807, 2.05) is 26.8 Å². The van der Waals surface area contributed by atoms with Crippen molar-refractivity contribution in [3.63, 3.8) is 0 Å². The Morgan fingerprint density at radius 2 is 2.00 bits per heavy atom. The van der Waals surface area contributed by atoms with Gasteiger partial charge < -0.3 is 20.4 Å². The summed E-state index contributed by atoms with van der Waals surface area (Å²) in [5.74, 6) is 0.811. The molecule has 2 heterocycles. The zero-order valence-electron chi connectivity index (χ0n) is 17.3. The third-order valence-electron chi connectivity index (χ3n) is 4.82. The lowest BCUT2D eigenvalue weighted by Gasteiger charge is -2.19. The summed E-state index contributed by atoms with van der Waals surface area (Å²) in [5.41, 5.74) is 1.89.